The fourth-order valence-electron chi connectivity index (χ4n) is 3.89. The van der Waals surface area contributed by atoms with E-state index in [1.807, 2.05) is 13.0 Å². The zero-order valence-electron chi connectivity index (χ0n) is 17.0. The number of unbranched alkanes of at least 4 members (excludes halogenated alkanes) is 4. The first-order valence-electron chi connectivity index (χ1n) is 10.8. The number of rotatable bonds is 11. The summed E-state index contributed by atoms with van der Waals surface area (Å²) < 4.78 is 5.98. The van der Waals surface area contributed by atoms with E-state index < -0.39 is 0 Å². The van der Waals surface area contributed by atoms with Crippen molar-refractivity contribution >= 4 is 0 Å². The molecule has 26 heavy (non-hydrogen) atoms. The van der Waals surface area contributed by atoms with Gasteiger partial charge in [-0.25, -0.2) is 0 Å². The lowest BCUT2D eigenvalue weighted by Crippen LogP contribution is -2.20. The fraction of sp³-hybridized carbons (Fsp3) is 0.600. The van der Waals surface area contributed by atoms with Crippen LogP contribution in [-0.4, -0.2) is 12.7 Å². The van der Waals surface area contributed by atoms with Gasteiger partial charge >= 0.3 is 0 Å². The Morgan fingerprint density at radius 3 is 2.35 bits per heavy atom. The van der Waals surface area contributed by atoms with Crippen molar-refractivity contribution in [1.29, 1.82) is 0 Å². The van der Waals surface area contributed by atoms with Gasteiger partial charge in [-0.15, -0.1) is 0 Å². The molecule has 1 aliphatic carbocycles. The maximum Gasteiger partial charge on any atom is 0.0654 e. The highest BCUT2D eigenvalue weighted by Crippen LogP contribution is 2.34. The summed E-state index contributed by atoms with van der Waals surface area (Å²) in [5, 5.41) is 0. The molecule has 0 N–H and O–H groups in total. The van der Waals surface area contributed by atoms with Crippen molar-refractivity contribution in [2.24, 2.45) is 0 Å². The van der Waals surface area contributed by atoms with Crippen LogP contribution in [0.1, 0.15) is 88.7 Å². The highest BCUT2D eigenvalue weighted by molar-refractivity contribution is 5.26. The van der Waals surface area contributed by atoms with Crippen LogP contribution in [0, 0.1) is 0 Å². The minimum Gasteiger partial charge on any atom is -0.374 e. The molecule has 1 saturated carbocycles. The molecule has 0 bridgehead atoms. The van der Waals surface area contributed by atoms with E-state index in [-0.39, 0.29) is 0 Å². The van der Waals surface area contributed by atoms with Crippen LogP contribution in [0.2, 0.25) is 0 Å². The predicted molar refractivity (Wildman–Crippen MR) is 114 cm³/mol. The Kier molecular flexibility index (Phi) is 10.4. The predicted octanol–water partition coefficient (Wildman–Crippen LogP) is 7.37. The van der Waals surface area contributed by atoms with Gasteiger partial charge in [0.05, 0.1) is 12.7 Å². The van der Waals surface area contributed by atoms with Crippen molar-refractivity contribution in [1.82, 2.24) is 0 Å². The Balaban J connectivity index is 1.67. The molecule has 0 unspecified atom stereocenters. The summed E-state index contributed by atoms with van der Waals surface area (Å²) in [5.74, 6) is 0.729. The molecule has 1 heteroatoms. The van der Waals surface area contributed by atoms with Gasteiger partial charge in [0.15, 0.2) is 0 Å². The van der Waals surface area contributed by atoms with Crippen LogP contribution < -0.4 is 0 Å². The van der Waals surface area contributed by atoms with E-state index in [1.54, 1.807) is 0 Å². The van der Waals surface area contributed by atoms with Crippen LogP contribution in [0.25, 0.3) is 0 Å². The first-order valence-corrected chi connectivity index (χ1v) is 10.8. The van der Waals surface area contributed by atoms with E-state index in [0.29, 0.717) is 6.10 Å². The monoisotopic (exact) mass is 354 g/mol. The van der Waals surface area contributed by atoms with Gasteiger partial charge in [0, 0.05) is 0 Å². The first kappa shape index (κ1) is 21.0. The molecule has 1 aromatic rings. The number of allylic oxidation sites excluding steroid dienone is 3. The van der Waals surface area contributed by atoms with E-state index in [2.05, 4.69) is 49.4 Å². The normalized spacial score (nSPS) is 21.0. The maximum atomic E-state index is 5.98. The molecule has 1 aromatic carbocycles. The van der Waals surface area contributed by atoms with Gasteiger partial charge in [-0.05, 0) is 62.5 Å². The van der Waals surface area contributed by atoms with E-state index in [1.165, 1.54) is 75.3 Å². The molecule has 1 nitrogen and oxygen atoms in total. The second-order valence-electron chi connectivity index (χ2n) is 7.67. The summed E-state index contributed by atoms with van der Waals surface area (Å²) in [6, 6.07) is 9.49. The summed E-state index contributed by atoms with van der Waals surface area (Å²) >= 11 is 0. The van der Waals surface area contributed by atoms with Gasteiger partial charge < -0.3 is 4.74 Å². The van der Waals surface area contributed by atoms with Gasteiger partial charge in [0.2, 0.25) is 0 Å². The third-order valence-electron chi connectivity index (χ3n) is 5.56. The fourth-order valence-corrected chi connectivity index (χ4v) is 3.89. The second-order valence-corrected chi connectivity index (χ2v) is 7.67. The standard InChI is InChI=1S/C25H38O/c1-3-5-7-9-10-12-22-13-15-23(16-14-22)24-17-19-25(20-18-24)26-21-11-8-6-4-2/h4,6,8,11,13-16,24-25H,3,5,7,9-10,12,17-21H2,1-2H3/b6-4+,11-8+. The molecule has 0 radical (unpaired) electrons. The van der Waals surface area contributed by atoms with E-state index in [9.17, 15) is 0 Å². The number of ether oxygens (including phenoxy) is 1. The lowest BCUT2D eigenvalue weighted by atomic mass is 9.82. The molecule has 0 atom stereocenters. The molecule has 0 amide bonds. The van der Waals surface area contributed by atoms with Gasteiger partial charge in [-0.1, -0.05) is 81.2 Å². The Morgan fingerprint density at radius 2 is 1.65 bits per heavy atom. The summed E-state index contributed by atoms with van der Waals surface area (Å²) in [6.07, 6.45) is 21.7. The van der Waals surface area contributed by atoms with Crippen molar-refractivity contribution in [2.45, 2.75) is 90.1 Å². The molecule has 0 aliphatic heterocycles. The van der Waals surface area contributed by atoms with Crippen LogP contribution in [0.4, 0.5) is 0 Å². The van der Waals surface area contributed by atoms with Crippen LogP contribution >= 0.6 is 0 Å². The van der Waals surface area contributed by atoms with E-state index in [4.69, 9.17) is 4.74 Å². The summed E-state index contributed by atoms with van der Waals surface area (Å²) in [4.78, 5) is 0. The molecule has 0 heterocycles. The lowest BCUT2D eigenvalue weighted by Gasteiger charge is -2.28. The van der Waals surface area contributed by atoms with Crippen molar-refractivity contribution in [3.05, 3.63) is 59.7 Å². The third-order valence-corrected chi connectivity index (χ3v) is 5.56. The van der Waals surface area contributed by atoms with Crippen molar-refractivity contribution < 1.29 is 4.74 Å². The number of aryl methyl sites for hydroxylation is 1. The molecule has 2 rings (SSSR count). The molecule has 1 fully saturated rings. The topological polar surface area (TPSA) is 9.23 Å². The lowest BCUT2D eigenvalue weighted by molar-refractivity contribution is 0.0422. The minimum absolute atomic E-state index is 0.448. The Morgan fingerprint density at radius 1 is 0.923 bits per heavy atom. The summed E-state index contributed by atoms with van der Waals surface area (Å²) in [6.45, 7) is 5.06. The van der Waals surface area contributed by atoms with Gasteiger partial charge in [0.25, 0.3) is 0 Å². The van der Waals surface area contributed by atoms with Crippen molar-refractivity contribution in [2.75, 3.05) is 6.61 Å². The number of hydrogen-bond acceptors (Lipinski definition) is 1. The van der Waals surface area contributed by atoms with E-state index >= 15 is 0 Å². The molecule has 144 valence electrons. The third kappa shape index (κ3) is 7.91. The molecule has 0 saturated heterocycles. The smallest absolute Gasteiger partial charge is 0.0654 e. The summed E-state index contributed by atoms with van der Waals surface area (Å²) in [7, 11) is 0. The van der Waals surface area contributed by atoms with E-state index in [0.717, 1.165) is 12.5 Å². The number of hydrogen-bond donors (Lipinski definition) is 0. The highest BCUT2D eigenvalue weighted by Gasteiger charge is 2.22. The van der Waals surface area contributed by atoms with Crippen LogP contribution in [0.15, 0.2) is 48.6 Å². The summed E-state index contributed by atoms with van der Waals surface area (Å²) in [5.41, 5.74) is 3.04. The van der Waals surface area contributed by atoms with Crippen LogP contribution in [-0.2, 0) is 11.2 Å². The van der Waals surface area contributed by atoms with Gasteiger partial charge in [-0.2, -0.15) is 0 Å². The quantitative estimate of drug-likeness (QED) is 0.297. The molecular formula is C25H38O. The zero-order chi connectivity index (χ0) is 18.5. The Hall–Kier alpha value is -1.34. The molecule has 1 aliphatic rings. The van der Waals surface area contributed by atoms with Gasteiger partial charge in [0.1, 0.15) is 0 Å². The van der Waals surface area contributed by atoms with Crippen molar-refractivity contribution in [3.8, 4) is 0 Å². The van der Waals surface area contributed by atoms with Crippen LogP contribution in [0.3, 0.4) is 0 Å². The molecule has 0 spiro atoms. The molecular weight excluding hydrogens is 316 g/mol. The second kappa shape index (κ2) is 12.9. The van der Waals surface area contributed by atoms with Crippen molar-refractivity contribution in [3.63, 3.8) is 0 Å². The molecule has 0 aromatic heterocycles. The number of benzene rings is 1. The highest BCUT2D eigenvalue weighted by atomic mass is 16.5. The average molecular weight is 355 g/mol. The zero-order valence-corrected chi connectivity index (χ0v) is 17.0. The van der Waals surface area contributed by atoms with Crippen LogP contribution in [0.5, 0.6) is 0 Å². The average Bonchev–Trinajstić information content (AvgIpc) is 2.69. The minimum atomic E-state index is 0.448. The SMILES string of the molecule is C/C=C/C=C/COC1CCC(c2ccc(CCCCCCC)cc2)CC1. The maximum absolute atomic E-state index is 5.98. The largest absolute Gasteiger partial charge is 0.374 e. The van der Waals surface area contributed by atoms with Gasteiger partial charge in [-0.3, -0.25) is 0 Å². The first-order chi connectivity index (χ1) is 12.8. The Labute approximate surface area is 161 Å². The Bertz CT molecular complexity index is 518.